The standard InChI is InChI=1S/C12H25NO/c1-9(2)12-8-11(14-5)6-7-13(12)10(3)4/h9-12H,6-8H2,1-5H3. The Morgan fingerprint density at radius 3 is 2.29 bits per heavy atom. The first-order chi connectivity index (χ1) is 6.56. The molecule has 1 saturated heterocycles. The quantitative estimate of drug-likeness (QED) is 0.692. The van der Waals surface area contributed by atoms with Crippen LogP contribution in [0.2, 0.25) is 0 Å². The van der Waals surface area contributed by atoms with E-state index in [1.165, 1.54) is 19.4 Å². The van der Waals surface area contributed by atoms with Gasteiger partial charge in [0.1, 0.15) is 0 Å². The maximum atomic E-state index is 5.47. The van der Waals surface area contributed by atoms with E-state index in [1.54, 1.807) is 0 Å². The lowest BCUT2D eigenvalue weighted by atomic mass is 9.90. The van der Waals surface area contributed by atoms with E-state index in [9.17, 15) is 0 Å². The van der Waals surface area contributed by atoms with Crippen LogP contribution in [0.1, 0.15) is 40.5 Å². The van der Waals surface area contributed by atoms with Crippen molar-refractivity contribution in [1.29, 1.82) is 0 Å². The van der Waals surface area contributed by atoms with Crippen molar-refractivity contribution in [2.75, 3.05) is 13.7 Å². The molecule has 1 heterocycles. The summed E-state index contributed by atoms with van der Waals surface area (Å²) in [5.41, 5.74) is 0. The highest BCUT2D eigenvalue weighted by Crippen LogP contribution is 2.26. The van der Waals surface area contributed by atoms with Gasteiger partial charge in [-0.25, -0.2) is 0 Å². The number of hydrogen-bond acceptors (Lipinski definition) is 2. The van der Waals surface area contributed by atoms with Gasteiger partial charge in [-0.3, -0.25) is 4.90 Å². The van der Waals surface area contributed by atoms with E-state index in [1.807, 2.05) is 7.11 Å². The van der Waals surface area contributed by atoms with Crippen LogP contribution in [0, 0.1) is 5.92 Å². The predicted octanol–water partition coefficient (Wildman–Crippen LogP) is 2.53. The molecule has 1 aliphatic rings. The van der Waals surface area contributed by atoms with E-state index in [2.05, 4.69) is 32.6 Å². The Morgan fingerprint density at radius 2 is 1.86 bits per heavy atom. The molecule has 0 amide bonds. The molecule has 1 fully saturated rings. The summed E-state index contributed by atoms with van der Waals surface area (Å²) in [6, 6.07) is 1.37. The molecule has 1 rings (SSSR count). The molecule has 0 radical (unpaired) electrons. The van der Waals surface area contributed by atoms with Crippen LogP contribution in [-0.2, 0) is 4.74 Å². The molecule has 0 bridgehead atoms. The molecular weight excluding hydrogens is 174 g/mol. The first-order valence-electron chi connectivity index (χ1n) is 5.84. The zero-order valence-corrected chi connectivity index (χ0v) is 10.3. The Kier molecular flexibility index (Phi) is 4.39. The van der Waals surface area contributed by atoms with Gasteiger partial charge >= 0.3 is 0 Å². The highest BCUT2D eigenvalue weighted by atomic mass is 16.5. The van der Waals surface area contributed by atoms with Gasteiger partial charge in [-0.15, -0.1) is 0 Å². The smallest absolute Gasteiger partial charge is 0.0598 e. The van der Waals surface area contributed by atoms with Crippen LogP contribution in [-0.4, -0.2) is 36.7 Å². The third-order valence-corrected chi connectivity index (χ3v) is 3.41. The molecule has 0 spiro atoms. The fraction of sp³-hybridized carbons (Fsp3) is 1.00. The minimum atomic E-state index is 0.484. The molecule has 0 saturated carbocycles. The van der Waals surface area contributed by atoms with Crippen LogP contribution < -0.4 is 0 Å². The molecule has 2 nitrogen and oxygen atoms in total. The van der Waals surface area contributed by atoms with Crippen LogP contribution in [0.3, 0.4) is 0 Å². The third kappa shape index (κ3) is 2.71. The Labute approximate surface area is 88.6 Å². The second-order valence-corrected chi connectivity index (χ2v) is 5.03. The lowest BCUT2D eigenvalue weighted by molar-refractivity contribution is -0.0151. The van der Waals surface area contributed by atoms with E-state index in [0.717, 1.165) is 5.92 Å². The van der Waals surface area contributed by atoms with Crippen LogP contribution in [0.15, 0.2) is 0 Å². The third-order valence-electron chi connectivity index (χ3n) is 3.41. The number of piperidine rings is 1. The Balaban J connectivity index is 2.60. The van der Waals surface area contributed by atoms with Crippen molar-refractivity contribution >= 4 is 0 Å². The first kappa shape index (κ1) is 12.0. The number of nitrogens with zero attached hydrogens (tertiary/aromatic N) is 1. The molecule has 0 aromatic rings. The van der Waals surface area contributed by atoms with Crippen molar-refractivity contribution < 1.29 is 4.74 Å². The maximum Gasteiger partial charge on any atom is 0.0598 e. The Hall–Kier alpha value is -0.0800. The van der Waals surface area contributed by atoms with Crippen LogP contribution >= 0.6 is 0 Å². The highest BCUT2D eigenvalue weighted by Gasteiger charge is 2.31. The van der Waals surface area contributed by atoms with E-state index in [0.29, 0.717) is 18.2 Å². The van der Waals surface area contributed by atoms with Crippen LogP contribution in [0.4, 0.5) is 0 Å². The van der Waals surface area contributed by atoms with Gasteiger partial charge in [0.2, 0.25) is 0 Å². The molecule has 2 unspecified atom stereocenters. The SMILES string of the molecule is COC1CCN(C(C)C)C(C(C)C)C1. The van der Waals surface area contributed by atoms with E-state index >= 15 is 0 Å². The molecule has 0 aliphatic carbocycles. The average molecular weight is 199 g/mol. The molecule has 1 aliphatic heterocycles. The summed E-state index contributed by atoms with van der Waals surface area (Å²) in [5.74, 6) is 0.732. The molecule has 2 heteroatoms. The van der Waals surface area contributed by atoms with Gasteiger partial charge in [0.05, 0.1) is 6.10 Å². The van der Waals surface area contributed by atoms with Crippen LogP contribution in [0.5, 0.6) is 0 Å². The molecule has 14 heavy (non-hydrogen) atoms. The first-order valence-corrected chi connectivity index (χ1v) is 5.84. The van der Waals surface area contributed by atoms with Gasteiger partial charge in [0.25, 0.3) is 0 Å². The molecule has 0 N–H and O–H groups in total. The van der Waals surface area contributed by atoms with E-state index in [-0.39, 0.29) is 0 Å². The van der Waals surface area contributed by atoms with Crippen molar-refractivity contribution in [3.8, 4) is 0 Å². The van der Waals surface area contributed by atoms with Gasteiger partial charge in [0.15, 0.2) is 0 Å². The minimum absolute atomic E-state index is 0.484. The van der Waals surface area contributed by atoms with E-state index in [4.69, 9.17) is 4.74 Å². The minimum Gasteiger partial charge on any atom is -0.381 e. The second kappa shape index (κ2) is 5.13. The number of hydrogen-bond donors (Lipinski definition) is 0. The zero-order valence-electron chi connectivity index (χ0n) is 10.3. The summed E-state index contributed by atoms with van der Waals surface area (Å²) < 4.78 is 5.47. The molecular formula is C12H25NO. The molecule has 0 aromatic heterocycles. The Bertz CT molecular complexity index is 168. The monoisotopic (exact) mass is 199 g/mol. The van der Waals surface area contributed by atoms with E-state index < -0.39 is 0 Å². The zero-order chi connectivity index (χ0) is 10.7. The molecule has 0 aromatic carbocycles. The van der Waals surface area contributed by atoms with Crippen molar-refractivity contribution in [3.63, 3.8) is 0 Å². The predicted molar refractivity (Wildman–Crippen MR) is 60.5 cm³/mol. The fourth-order valence-electron chi connectivity index (χ4n) is 2.49. The summed E-state index contributed by atoms with van der Waals surface area (Å²) in [6.45, 7) is 10.4. The molecule has 2 atom stereocenters. The van der Waals surface area contributed by atoms with Gasteiger partial charge in [-0.2, -0.15) is 0 Å². The Morgan fingerprint density at radius 1 is 1.21 bits per heavy atom. The summed E-state index contributed by atoms with van der Waals surface area (Å²) in [7, 11) is 1.84. The number of likely N-dealkylation sites (tertiary alicyclic amines) is 1. The topological polar surface area (TPSA) is 12.5 Å². The van der Waals surface area contributed by atoms with Crippen molar-refractivity contribution in [2.24, 2.45) is 5.92 Å². The summed E-state index contributed by atoms with van der Waals surface area (Å²) in [5, 5.41) is 0. The average Bonchev–Trinajstić information content (AvgIpc) is 2.16. The second-order valence-electron chi connectivity index (χ2n) is 5.03. The number of methoxy groups -OCH3 is 1. The summed E-state index contributed by atoms with van der Waals surface area (Å²) >= 11 is 0. The maximum absolute atomic E-state index is 5.47. The normalized spacial score (nSPS) is 30.2. The van der Waals surface area contributed by atoms with Crippen LogP contribution in [0.25, 0.3) is 0 Å². The number of ether oxygens (including phenoxy) is 1. The highest BCUT2D eigenvalue weighted by molar-refractivity contribution is 4.85. The molecule has 84 valence electrons. The fourth-order valence-corrected chi connectivity index (χ4v) is 2.49. The van der Waals surface area contributed by atoms with Gasteiger partial charge < -0.3 is 4.74 Å². The lowest BCUT2D eigenvalue weighted by Crippen LogP contribution is -2.50. The lowest BCUT2D eigenvalue weighted by Gasteiger charge is -2.43. The largest absolute Gasteiger partial charge is 0.381 e. The van der Waals surface area contributed by atoms with Gasteiger partial charge in [-0.1, -0.05) is 13.8 Å². The van der Waals surface area contributed by atoms with Crippen molar-refractivity contribution in [2.45, 2.75) is 58.7 Å². The van der Waals surface area contributed by atoms with Crippen molar-refractivity contribution in [3.05, 3.63) is 0 Å². The van der Waals surface area contributed by atoms with Gasteiger partial charge in [-0.05, 0) is 32.6 Å². The number of rotatable bonds is 3. The van der Waals surface area contributed by atoms with Crippen molar-refractivity contribution in [1.82, 2.24) is 4.90 Å². The summed E-state index contributed by atoms with van der Waals surface area (Å²) in [6.07, 6.45) is 2.88. The van der Waals surface area contributed by atoms with Gasteiger partial charge in [0, 0.05) is 25.7 Å². The summed E-state index contributed by atoms with van der Waals surface area (Å²) in [4.78, 5) is 2.63.